The summed E-state index contributed by atoms with van der Waals surface area (Å²) in [6.45, 7) is 4.66. The maximum atomic E-state index is 12.2. The zero-order chi connectivity index (χ0) is 11.5. The van der Waals surface area contributed by atoms with E-state index in [-0.39, 0.29) is 12.0 Å². The normalized spacial score (nSPS) is 34.6. The highest BCUT2D eigenvalue weighted by molar-refractivity contribution is 9.09. The number of hydrogen-bond acceptors (Lipinski definition) is 2. The van der Waals surface area contributed by atoms with E-state index in [0.717, 1.165) is 31.4 Å². The predicted molar refractivity (Wildman–Crippen MR) is 66.6 cm³/mol. The lowest BCUT2D eigenvalue weighted by Gasteiger charge is -2.22. The quantitative estimate of drug-likeness (QED) is 0.744. The molecule has 1 amide bonds. The van der Waals surface area contributed by atoms with E-state index in [1.165, 1.54) is 12.8 Å². The SMILES string of the molecule is CC1OCCC1C(=O)N1CCC(CCBr)C1. The Hall–Kier alpha value is -0.0900. The Morgan fingerprint density at radius 3 is 2.94 bits per heavy atom. The predicted octanol–water partition coefficient (Wildman–Crippen LogP) is 2.04. The molecule has 2 aliphatic rings. The van der Waals surface area contributed by atoms with Crippen LogP contribution in [0.4, 0.5) is 0 Å². The molecule has 0 spiro atoms. The van der Waals surface area contributed by atoms with E-state index in [4.69, 9.17) is 4.74 Å². The average Bonchev–Trinajstić information content (AvgIpc) is 2.87. The lowest BCUT2D eigenvalue weighted by Crippen LogP contribution is -2.37. The van der Waals surface area contributed by atoms with Gasteiger partial charge < -0.3 is 9.64 Å². The van der Waals surface area contributed by atoms with E-state index < -0.39 is 0 Å². The first-order chi connectivity index (χ1) is 7.72. The van der Waals surface area contributed by atoms with Crippen LogP contribution in [-0.2, 0) is 9.53 Å². The van der Waals surface area contributed by atoms with E-state index in [2.05, 4.69) is 15.9 Å². The summed E-state index contributed by atoms with van der Waals surface area (Å²) in [6, 6.07) is 0. The van der Waals surface area contributed by atoms with Crippen molar-refractivity contribution in [3.63, 3.8) is 0 Å². The Kier molecular flexibility index (Phi) is 4.25. The van der Waals surface area contributed by atoms with Gasteiger partial charge in [-0.05, 0) is 32.1 Å². The first-order valence-electron chi connectivity index (χ1n) is 6.18. The van der Waals surface area contributed by atoms with Crippen molar-refractivity contribution >= 4 is 21.8 Å². The van der Waals surface area contributed by atoms with Crippen LogP contribution in [0.1, 0.15) is 26.2 Å². The molecule has 0 bridgehead atoms. The summed E-state index contributed by atoms with van der Waals surface area (Å²) >= 11 is 3.47. The molecule has 0 radical (unpaired) electrons. The number of amides is 1. The zero-order valence-corrected chi connectivity index (χ0v) is 11.4. The van der Waals surface area contributed by atoms with Crippen LogP contribution in [0.3, 0.4) is 0 Å². The average molecular weight is 290 g/mol. The van der Waals surface area contributed by atoms with Gasteiger partial charge in [-0.3, -0.25) is 4.79 Å². The van der Waals surface area contributed by atoms with Crippen molar-refractivity contribution in [3.8, 4) is 0 Å². The van der Waals surface area contributed by atoms with Crippen LogP contribution in [0, 0.1) is 11.8 Å². The molecule has 3 atom stereocenters. The van der Waals surface area contributed by atoms with Crippen LogP contribution in [0.2, 0.25) is 0 Å². The largest absolute Gasteiger partial charge is 0.378 e. The first-order valence-corrected chi connectivity index (χ1v) is 7.31. The fraction of sp³-hybridized carbons (Fsp3) is 0.917. The molecule has 3 nitrogen and oxygen atoms in total. The zero-order valence-electron chi connectivity index (χ0n) is 9.82. The van der Waals surface area contributed by atoms with E-state index in [1.807, 2.05) is 11.8 Å². The van der Waals surface area contributed by atoms with Crippen molar-refractivity contribution in [2.45, 2.75) is 32.3 Å². The molecule has 0 saturated carbocycles. The lowest BCUT2D eigenvalue weighted by atomic mass is 10.0. The van der Waals surface area contributed by atoms with Crippen molar-refractivity contribution in [2.24, 2.45) is 11.8 Å². The van der Waals surface area contributed by atoms with Gasteiger partial charge in [-0.1, -0.05) is 15.9 Å². The summed E-state index contributed by atoms with van der Waals surface area (Å²) in [5.74, 6) is 1.13. The monoisotopic (exact) mass is 289 g/mol. The highest BCUT2D eigenvalue weighted by atomic mass is 79.9. The van der Waals surface area contributed by atoms with Crippen molar-refractivity contribution in [1.29, 1.82) is 0 Å². The molecule has 2 fully saturated rings. The fourth-order valence-electron chi connectivity index (χ4n) is 2.71. The number of likely N-dealkylation sites (tertiary alicyclic amines) is 1. The Bertz CT molecular complexity index is 259. The summed E-state index contributed by atoms with van der Waals surface area (Å²) in [5.41, 5.74) is 0. The Morgan fingerprint density at radius 1 is 1.50 bits per heavy atom. The molecule has 3 unspecified atom stereocenters. The van der Waals surface area contributed by atoms with Crippen LogP contribution >= 0.6 is 15.9 Å². The minimum atomic E-state index is 0.114. The number of nitrogens with zero attached hydrogens (tertiary/aromatic N) is 1. The van der Waals surface area contributed by atoms with Crippen LogP contribution < -0.4 is 0 Å². The third-order valence-corrected chi connectivity index (χ3v) is 4.27. The second kappa shape index (κ2) is 5.50. The highest BCUT2D eigenvalue weighted by Crippen LogP contribution is 2.27. The van der Waals surface area contributed by atoms with Gasteiger partial charge in [0.05, 0.1) is 12.0 Å². The van der Waals surface area contributed by atoms with E-state index >= 15 is 0 Å². The fourth-order valence-corrected chi connectivity index (χ4v) is 3.36. The number of ether oxygens (including phenoxy) is 1. The lowest BCUT2D eigenvalue weighted by molar-refractivity contribution is -0.136. The van der Waals surface area contributed by atoms with Gasteiger partial charge in [0.15, 0.2) is 0 Å². The number of alkyl halides is 1. The molecule has 16 heavy (non-hydrogen) atoms. The van der Waals surface area contributed by atoms with Crippen LogP contribution in [0.25, 0.3) is 0 Å². The van der Waals surface area contributed by atoms with E-state index in [9.17, 15) is 4.79 Å². The second-order valence-corrected chi connectivity index (χ2v) is 5.68. The minimum absolute atomic E-state index is 0.114. The molecule has 0 aliphatic carbocycles. The van der Waals surface area contributed by atoms with Crippen molar-refractivity contribution < 1.29 is 9.53 Å². The Balaban J connectivity index is 1.86. The number of halogens is 1. The van der Waals surface area contributed by atoms with Gasteiger partial charge in [0.1, 0.15) is 0 Å². The number of rotatable bonds is 3. The van der Waals surface area contributed by atoms with Crippen molar-refractivity contribution in [3.05, 3.63) is 0 Å². The number of carbonyl (C=O) groups is 1. The summed E-state index contributed by atoms with van der Waals surface area (Å²) in [7, 11) is 0. The van der Waals surface area contributed by atoms with Gasteiger partial charge in [0.25, 0.3) is 0 Å². The number of carbonyl (C=O) groups excluding carboxylic acids is 1. The molecule has 0 aromatic carbocycles. The van der Waals surface area contributed by atoms with Crippen molar-refractivity contribution in [2.75, 3.05) is 25.0 Å². The maximum absolute atomic E-state index is 12.2. The van der Waals surface area contributed by atoms with Gasteiger partial charge >= 0.3 is 0 Å². The number of hydrogen-bond donors (Lipinski definition) is 0. The summed E-state index contributed by atoms with van der Waals surface area (Å²) in [6.07, 6.45) is 3.36. The van der Waals surface area contributed by atoms with E-state index in [1.54, 1.807) is 0 Å². The summed E-state index contributed by atoms with van der Waals surface area (Å²) < 4.78 is 5.47. The van der Waals surface area contributed by atoms with Gasteiger partial charge in [-0.2, -0.15) is 0 Å². The third kappa shape index (κ3) is 2.59. The smallest absolute Gasteiger partial charge is 0.228 e. The Morgan fingerprint density at radius 2 is 2.31 bits per heavy atom. The molecule has 4 heteroatoms. The molecule has 2 saturated heterocycles. The van der Waals surface area contributed by atoms with Crippen LogP contribution in [-0.4, -0.2) is 41.9 Å². The molecular weight excluding hydrogens is 270 g/mol. The summed E-state index contributed by atoms with van der Waals surface area (Å²) in [4.78, 5) is 14.3. The molecular formula is C12H20BrNO2. The van der Waals surface area contributed by atoms with E-state index in [0.29, 0.717) is 11.8 Å². The van der Waals surface area contributed by atoms with Gasteiger partial charge in [0.2, 0.25) is 5.91 Å². The van der Waals surface area contributed by atoms with Crippen LogP contribution in [0.5, 0.6) is 0 Å². The van der Waals surface area contributed by atoms with Gasteiger partial charge in [-0.15, -0.1) is 0 Å². The minimum Gasteiger partial charge on any atom is -0.378 e. The summed E-state index contributed by atoms with van der Waals surface area (Å²) in [5, 5.41) is 1.04. The topological polar surface area (TPSA) is 29.5 Å². The van der Waals surface area contributed by atoms with Gasteiger partial charge in [-0.25, -0.2) is 0 Å². The molecule has 0 N–H and O–H groups in total. The molecule has 2 aliphatic heterocycles. The molecule has 92 valence electrons. The van der Waals surface area contributed by atoms with Crippen LogP contribution in [0.15, 0.2) is 0 Å². The van der Waals surface area contributed by atoms with Gasteiger partial charge in [0, 0.05) is 25.0 Å². The second-order valence-electron chi connectivity index (χ2n) is 4.89. The first kappa shape index (κ1) is 12.4. The maximum Gasteiger partial charge on any atom is 0.228 e. The Labute approximate surface area is 106 Å². The molecule has 0 aromatic heterocycles. The highest BCUT2D eigenvalue weighted by Gasteiger charge is 2.36. The standard InChI is InChI=1S/C12H20BrNO2/c1-9-11(4-7-16-9)12(15)14-6-3-10(8-14)2-5-13/h9-11H,2-8H2,1H3. The third-order valence-electron chi connectivity index (χ3n) is 3.81. The molecule has 2 rings (SSSR count). The molecule has 0 aromatic rings. The molecule has 2 heterocycles. The van der Waals surface area contributed by atoms with Crippen molar-refractivity contribution in [1.82, 2.24) is 4.90 Å².